The van der Waals surface area contributed by atoms with Gasteiger partial charge in [-0.15, -0.1) is 0 Å². The van der Waals surface area contributed by atoms with E-state index in [1.807, 2.05) is 91.1 Å². The van der Waals surface area contributed by atoms with Crippen molar-refractivity contribution in [1.29, 1.82) is 0 Å². The van der Waals surface area contributed by atoms with E-state index in [0.29, 0.717) is 19.8 Å². The number of nitrogens with zero attached hydrogens (tertiary/aromatic N) is 4. The van der Waals surface area contributed by atoms with Gasteiger partial charge in [0, 0.05) is 48.9 Å². The Morgan fingerprint density at radius 3 is 1.37 bits per heavy atom. The van der Waals surface area contributed by atoms with Gasteiger partial charge in [-0.1, -0.05) is 121 Å². The summed E-state index contributed by atoms with van der Waals surface area (Å²) in [7, 11) is 2.66. The van der Waals surface area contributed by atoms with E-state index in [1.54, 1.807) is 12.4 Å². The van der Waals surface area contributed by atoms with E-state index in [9.17, 15) is 14.7 Å². The Bertz CT molecular complexity index is 2880. The molecule has 3 N–H and O–H groups in total. The minimum absolute atomic E-state index is 0.00776. The standard InChI is InChI=1S/C30H37BrN2O3.C30H38N2O3.CH5BO2/c1-7-35-27(34)17-23(28-32-14-15-33(28)6)20-8-10-22(11-9-20)36-19-21-16-24-25(18-26(21)31)30(4,5)13-12-29(24,2)3;1-7-20-16-25-26(30(4,5)13-12-29(25,2)3)17-22(20)19-35-23-10-8-21(9-11-23)24(18-27(33)34)28-31-14-15-32(28)6;1-2(3)4/h8-11,14-16,18,23H,7,12-13,17,19H2,1-6H3;8-11,14-17,24H,7,12-13,18-19H2,1-6H3,(H,33,34);3-4H,1H3/t23-;24-;/m00./s1. The van der Waals surface area contributed by atoms with Crippen LogP contribution in [0, 0.1) is 0 Å². The second-order valence-electron chi connectivity index (χ2n) is 22.9. The first-order valence-corrected chi connectivity index (χ1v) is 27.2. The molecule has 0 spiro atoms. The molecule has 402 valence electrons. The number of aromatic nitrogens is 4. The van der Waals surface area contributed by atoms with Gasteiger partial charge in [0.15, 0.2) is 0 Å². The number of carboxylic acid groups (broad SMARTS) is 1. The predicted octanol–water partition coefficient (Wildman–Crippen LogP) is 12.8. The Kier molecular flexibility index (Phi) is 19.2. The van der Waals surface area contributed by atoms with Crippen LogP contribution in [0.3, 0.4) is 0 Å². The van der Waals surface area contributed by atoms with Gasteiger partial charge in [0.2, 0.25) is 0 Å². The Balaban J connectivity index is 0.000000228. The number of aliphatic carboxylic acids is 1. The SMILES string of the molecule is CB(O)O.CCOC(=O)C[C@@H](c1ccc(OCc2cc3c(cc2Br)C(C)(C)CCC3(C)C)cc1)c1nccn1C.CCc1cc2c(cc1COc1ccc([C@H](CC(=O)O)c3nccn3C)cc1)C(C)(C)CCC2(C)C. The highest BCUT2D eigenvalue weighted by atomic mass is 79.9. The van der Waals surface area contributed by atoms with Crippen LogP contribution in [0.25, 0.3) is 0 Å². The first-order chi connectivity index (χ1) is 35.3. The summed E-state index contributed by atoms with van der Waals surface area (Å²) >= 11 is 3.80. The molecular weight excluding hydrogens is 1010 g/mol. The number of halogens is 1. The Hall–Kier alpha value is -5.70. The summed E-state index contributed by atoms with van der Waals surface area (Å²) < 4.78 is 22.6. The summed E-state index contributed by atoms with van der Waals surface area (Å²) in [5.41, 5.74) is 12.2. The van der Waals surface area contributed by atoms with Gasteiger partial charge in [-0.2, -0.15) is 0 Å². The zero-order valence-electron chi connectivity index (χ0n) is 46.6. The van der Waals surface area contributed by atoms with Crippen LogP contribution in [0.1, 0.15) is 181 Å². The second kappa shape index (κ2) is 24.5. The third-order valence-electron chi connectivity index (χ3n) is 15.3. The van der Waals surface area contributed by atoms with Gasteiger partial charge in [0.1, 0.15) is 36.4 Å². The molecule has 0 bridgehead atoms. The van der Waals surface area contributed by atoms with Crippen LogP contribution in [-0.2, 0) is 69.7 Å². The minimum Gasteiger partial charge on any atom is -0.489 e. The summed E-state index contributed by atoms with van der Waals surface area (Å²) in [6, 6.07) is 25.2. The van der Waals surface area contributed by atoms with Gasteiger partial charge in [0.05, 0.1) is 31.3 Å². The van der Waals surface area contributed by atoms with Crippen molar-refractivity contribution in [2.24, 2.45) is 14.1 Å². The summed E-state index contributed by atoms with van der Waals surface area (Å²) in [4.78, 5) is 32.7. The van der Waals surface area contributed by atoms with Gasteiger partial charge in [-0.3, -0.25) is 9.59 Å². The maximum atomic E-state index is 12.3. The molecule has 0 saturated heterocycles. The quantitative estimate of drug-likeness (QED) is 0.0629. The van der Waals surface area contributed by atoms with Gasteiger partial charge in [0.25, 0.3) is 0 Å². The summed E-state index contributed by atoms with van der Waals surface area (Å²) in [5, 5.41) is 24.7. The van der Waals surface area contributed by atoms with Gasteiger partial charge < -0.3 is 38.5 Å². The van der Waals surface area contributed by atoms with Crippen LogP contribution >= 0.6 is 15.9 Å². The van der Waals surface area contributed by atoms with Crippen molar-refractivity contribution in [2.75, 3.05) is 6.61 Å². The predicted molar refractivity (Wildman–Crippen MR) is 302 cm³/mol. The first-order valence-electron chi connectivity index (χ1n) is 26.4. The molecular formula is C61H80BBrN4O8. The molecule has 0 amide bonds. The molecule has 0 radical (unpaired) electrons. The largest absolute Gasteiger partial charge is 0.489 e. The second-order valence-corrected chi connectivity index (χ2v) is 23.8. The number of carbonyl (C=O) groups is 2. The zero-order chi connectivity index (χ0) is 55.0. The number of esters is 1. The number of hydrogen-bond acceptors (Lipinski definition) is 9. The summed E-state index contributed by atoms with van der Waals surface area (Å²) in [5.74, 6) is 1.59. The molecule has 2 atom stereocenters. The molecule has 0 fully saturated rings. The number of hydrogen-bond donors (Lipinski definition) is 3. The van der Waals surface area contributed by atoms with E-state index in [2.05, 4.69) is 112 Å². The minimum atomic E-state index is -1.17. The average molecular weight is 1090 g/mol. The number of carbonyl (C=O) groups excluding carboxylic acids is 1. The van der Waals surface area contributed by atoms with Gasteiger partial charge >= 0.3 is 19.1 Å². The molecule has 12 nitrogen and oxygen atoms in total. The van der Waals surface area contributed by atoms with E-state index in [-0.39, 0.29) is 52.3 Å². The lowest BCUT2D eigenvalue weighted by atomic mass is 9.62. The van der Waals surface area contributed by atoms with Crippen molar-refractivity contribution in [3.8, 4) is 11.5 Å². The topological polar surface area (TPSA) is 158 Å². The Labute approximate surface area is 454 Å². The molecule has 6 aromatic rings. The van der Waals surface area contributed by atoms with Crippen LogP contribution in [0.4, 0.5) is 0 Å². The lowest BCUT2D eigenvalue weighted by molar-refractivity contribution is -0.143. The highest BCUT2D eigenvalue weighted by Gasteiger charge is 2.39. The normalized spacial score (nSPS) is 16.3. The lowest BCUT2D eigenvalue weighted by Gasteiger charge is -2.42. The number of imidazole rings is 2. The monoisotopic (exact) mass is 1090 g/mol. The molecule has 0 unspecified atom stereocenters. The van der Waals surface area contributed by atoms with Crippen LogP contribution in [0.5, 0.6) is 11.5 Å². The Morgan fingerprint density at radius 2 is 1.00 bits per heavy atom. The van der Waals surface area contributed by atoms with Crippen molar-refractivity contribution in [3.05, 3.63) is 164 Å². The maximum absolute atomic E-state index is 12.3. The number of benzene rings is 4. The fourth-order valence-electron chi connectivity index (χ4n) is 10.5. The molecule has 75 heavy (non-hydrogen) atoms. The van der Waals surface area contributed by atoms with E-state index < -0.39 is 13.1 Å². The molecule has 8 rings (SSSR count). The van der Waals surface area contributed by atoms with Crippen molar-refractivity contribution in [1.82, 2.24) is 19.1 Å². The average Bonchev–Trinajstić information content (AvgIpc) is 3.99. The highest BCUT2D eigenvalue weighted by Crippen LogP contribution is 2.48. The smallest absolute Gasteiger partial charge is 0.448 e. The third kappa shape index (κ3) is 14.6. The lowest BCUT2D eigenvalue weighted by Crippen LogP contribution is -2.34. The van der Waals surface area contributed by atoms with Gasteiger partial charge in [-0.25, -0.2) is 9.97 Å². The van der Waals surface area contributed by atoms with Gasteiger partial charge in [-0.05, 0) is 142 Å². The molecule has 2 aliphatic rings. The zero-order valence-corrected chi connectivity index (χ0v) is 48.2. The van der Waals surface area contributed by atoms with E-state index in [4.69, 9.17) is 24.3 Å². The summed E-state index contributed by atoms with van der Waals surface area (Å²) in [6.07, 6.45) is 13.2. The molecule has 2 aromatic heterocycles. The van der Waals surface area contributed by atoms with Crippen LogP contribution in [-0.4, -0.2) is 59.9 Å². The van der Waals surface area contributed by atoms with E-state index >= 15 is 0 Å². The van der Waals surface area contributed by atoms with Crippen LogP contribution < -0.4 is 9.47 Å². The van der Waals surface area contributed by atoms with Crippen molar-refractivity contribution >= 4 is 35.0 Å². The fourth-order valence-corrected chi connectivity index (χ4v) is 11.0. The first kappa shape index (κ1) is 58.6. The third-order valence-corrected chi connectivity index (χ3v) is 16.1. The van der Waals surface area contributed by atoms with Crippen LogP contribution in [0.15, 0.2) is 102 Å². The molecule has 0 aliphatic heterocycles. The van der Waals surface area contributed by atoms with E-state index in [0.717, 1.165) is 50.7 Å². The highest BCUT2D eigenvalue weighted by molar-refractivity contribution is 9.10. The fraction of sp³-hybridized carbons (Fsp3) is 0.475. The van der Waals surface area contributed by atoms with Crippen LogP contribution in [0.2, 0.25) is 6.82 Å². The number of rotatable bonds is 16. The molecule has 14 heteroatoms. The van der Waals surface area contributed by atoms with E-state index in [1.165, 1.54) is 65.9 Å². The number of fused-ring (bicyclic) bond motifs is 2. The number of aryl methyl sites for hydroxylation is 3. The number of ether oxygens (including phenoxy) is 3. The molecule has 2 heterocycles. The van der Waals surface area contributed by atoms with Crippen molar-refractivity contribution < 1.29 is 39.0 Å². The Morgan fingerprint density at radius 1 is 0.627 bits per heavy atom. The molecule has 0 saturated carbocycles. The van der Waals surface area contributed by atoms with Crippen molar-refractivity contribution in [3.63, 3.8) is 0 Å². The molecule has 4 aromatic carbocycles. The maximum Gasteiger partial charge on any atom is 0.448 e. The molecule has 2 aliphatic carbocycles. The summed E-state index contributed by atoms with van der Waals surface area (Å²) in [6.45, 7) is 25.5. The van der Waals surface area contributed by atoms with Crippen molar-refractivity contribution in [2.45, 2.75) is 168 Å². The number of carboxylic acids is 1.